The number of primary amides is 1. The first kappa shape index (κ1) is 14.4. The van der Waals surface area contributed by atoms with Gasteiger partial charge in [0, 0.05) is 6.42 Å². The number of fused-ring (bicyclic) bond motifs is 1. The van der Waals surface area contributed by atoms with Gasteiger partial charge in [0.1, 0.15) is 5.75 Å². The molecule has 0 spiro atoms. The Morgan fingerprint density at radius 1 is 1.18 bits per heavy atom. The molecule has 2 aromatic carbocycles. The number of hydrogen-bond acceptors (Lipinski definition) is 4. The maximum absolute atomic E-state index is 12.5. The van der Waals surface area contributed by atoms with Crippen molar-refractivity contribution in [1.29, 1.82) is 0 Å². The van der Waals surface area contributed by atoms with Gasteiger partial charge in [-0.2, -0.15) is 0 Å². The van der Waals surface area contributed by atoms with Crippen LogP contribution in [-0.2, 0) is 16.4 Å². The summed E-state index contributed by atoms with van der Waals surface area (Å²) >= 11 is 0. The average molecular weight is 318 g/mol. The van der Waals surface area contributed by atoms with E-state index in [2.05, 4.69) is 4.72 Å². The number of ether oxygens (including phenoxy) is 1. The van der Waals surface area contributed by atoms with Crippen molar-refractivity contribution in [3.05, 3.63) is 53.6 Å². The molecule has 0 saturated heterocycles. The first-order valence-corrected chi connectivity index (χ1v) is 8.13. The van der Waals surface area contributed by atoms with Crippen LogP contribution >= 0.6 is 0 Å². The van der Waals surface area contributed by atoms with E-state index < -0.39 is 15.9 Å². The van der Waals surface area contributed by atoms with E-state index in [0.717, 1.165) is 5.56 Å². The first-order chi connectivity index (χ1) is 10.5. The summed E-state index contributed by atoms with van der Waals surface area (Å²) in [6.45, 7) is 0.552. The lowest BCUT2D eigenvalue weighted by Gasteiger charge is -2.11. The molecule has 22 heavy (non-hydrogen) atoms. The highest BCUT2D eigenvalue weighted by molar-refractivity contribution is 7.92. The standard InChI is InChI=1S/C15H14N2O4S/c16-15(18)12-3-1-2-4-13(12)17-22(19,20)11-5-6-14-10(9-11)7-8-21-14/h1-6,9,17H,7-8H2,(H2,16,18). The third kappa shape index (κ3) is 2.62. The lowest BCUT2D eigenvalue weighted by molar-refractivity contribution is 0.100. The maximum Gasteiger partial charge on any atom is 0.261 e. The van der Waals surface area contributed by atoms with Gasteiger partial charge in [0.2, 0.25) is 0 Å². The summed E-state index contributed by atoms with van der Waals surface area (Å²) in [5.74, 6) is 0.0112. The second-order valence-corrected chi connectivity index (χ2v) is 6.57. The molecule has 2 aromatic rings. The van der Waals surface area contributed by atoms with E-state index in [1.54, 1.807) is 24.3 Å². The highest BCUT2D eigenvalue weighted by Crippen LogP contribution is 2.28. The molecule has 0 fully saturated rings. The van der Waals surface area contributed by atoms with Gasteiger partial charge in [-0.15, -0.1) is 0 Å². The lowest BCUT2D eigenvalue weighted by Crippen LogP contribution is -2.18. The van der Waals surface area contributed by atoms with Crippen LogP contribution in [0.15, 0.2) is 47.4 Å². The molecule has 0 aromatic heterocycles. The van der Waals surface area contributed by atoms with Crippen molar-refractivity contribution >= 4 is 21.6 Å². The van der Waals surface area contributed by atoms with Gasteiger partial charge in [-0.05, 0) is 35.9 Å². The third-order valence-electron chi connectivity index (χ3n) is 3.41. The molecule has 114 valence electrons. The summed E-state index contributed by atoms with van der Waals surface area (Å²) in [6, 6.07) is 10.9. The summed E-state index contributed by atoms with van der Waals surface area (Å²) in [5.41, 5.74) is 6.39. The molecule has 1 aliphatic heterocycles. The van der Waals surface area contributed by atoms with Gasteiger partial charge in [-0.25, -0.2) is 8.42 Å². The van der Waals surface area contributed by atoms with Crippen LogP contribution in [0.2, 0.25) is 0 Å². The van der Waals surface area contributed by atoms with E-state index in [0.29, 0.717) is 18.8 Å². The van der Waals surface area contributed by atoms with Crippen molar-refractivity contribution in [2.75, 3.05) is 11.3 Å². The predicted molar refractivity (Wildman–Crippen MR) is 81.4 cm³/mol. The second kappa shape index (κ2) is 5.34. The fourth-order valence-electron chi connectivity index (χ4n) is 2.32. The van der Waals surface area contributed by atoms with Gasteiger partial charge in [0.05, 0.1) is 22.8 Å². The normalized spacial score (nSPS) is 13.3. The number of anilines is 1. The smallest absolute Gasteiger partial charge is 0.261 e. The number of para-hydroxylation sites is 1. The first-order valence-electron chi connectivity index (χ1n) is 6.65. The van der Waals surface area contributed by atoms with Gasteiger partial charge >= 0.3 is 0 Å². The zero-order chi connectivity index (χ0) is 15.7. The second-order valence-electron chi connectivity index (χ2n) is 4.88. The molecular formula is C15H14N2O4S. The number of carbonyl (C=O) groups is 1. The van der Waals surface area contributed by atoms with Crippen LogP contribution in [-0.4, -0.2) is 20.9 Å². The fourth-order valence-corrected chi connectivity index (χ4v) is 3.45. The Labute approximate surface area is 128 Å². The van der Waals surface area contributed by atoms with Crippen LogP contribution < -0.4 is 15.2 Å². The third-order valence-corrected chi connectivity index (χ3v) is 4.77. The molecule has 0 unspecified atom stereocenters. The van der Waals surface area contributed by atoms with Crippen molar-refractivity contribution in [3.8, 4) is 5.75 Å². The van der Waals surface area contributed by atoms with Gasteiger partial charge < -0.3 is 10.5 Å². The molecule has 6 nitrogen and oxygen atoms in total. The Kier molecular flexibility index (Phi) is 3.50. The van der Waals surface area contributed by atoms with E-state index in [1.165, 1.54) is 18.2 Å². The minimum absolute atomic E-state index is 0.121. The zero-order valence-electron chi connectivity index (χ0n) is 11.6. The average Bonchev–Trinajstić information content (AvgIpc) is 2.94. The Balaban J connectivity index is 1.96. The molecule has 1 aliphatic rings. The van der Waals surface area contributed by atoms with Crippen LogP contribution in [0.5, 0.6) is 5.75 Å². The number of nitrogens with one attached hydrogen (secondary N) is 1. The topological polar surface area (TPSA) is 98.5 Å². The fraction of sp³-hybridized carbons (Fsp3) is 0.133. The van der Waals surface area contributed by atoms with E-state index in [4.69, 9.17) is 10.5 Å². The summed E-state index contributed by atoms with van der Waals surface area (Å²) < 4.78 is 32.7. The Bertz CT molecular complexity index is 846. The van der Waals surface area contributed by atoms with Crippen LogP contribution in [0.1, 0.15) is 15.9 Å². The number of amides is 1. The molecular weight excluding hydrogens is 304 g/mol. The molecule has 3 N–H and O–H groups in total. The van der Waals surface area contributed by atoms with Crippen LogP contribution in [0.4, 0.5) is 5.69 Å². The minimum atomic E-state index is -3.80. The highest BCUT2D eigenvalue weighted by Gasteiger charge is 2.21. The number of carbonyl (C=O) groups excluding carboxylic acids is 1. The van der Waals surface area contributed by atoms with Crippen molar-refractivity contribution in [2.24, 2.45) is 5.73 Å². The monoisotopic (exact) mass is 318 g/mol. The van der Waals surface area contributed by atoms with Gasteiger partial charge in [0.25, 0.3) is 15.9 Å². The molecule has 1 heterocycles. The van der Waals surface area contributed by atoms with Gasteiger partial charge in [-0.1, -0.05) is 12.1 Å². The van der Waals surface area contributed by atoms with Gasteiger partial charge in [-0.3, -0.25) is 9.52 Å². The lowest BCUT2D eigenvalue weighted by atomic mass is 10.2. The molecule has 0 atom stereocenters. The predicted octanol–water partition coefficient (Wildman–Crippen LogP) is 1.52. The SMILES string of the molecule is NC(=O)c1ccccc1NS(=O)(=O)c1ccc2c(c1)CCO2. The summed E-state index contributed by atoms with van der Waals surface area (Å²) in [5, 5.41) is 0. The zero-order valence-corrected chi connectivity index (χ0v) is 12.4. The molecule has 0 bridgehead atoms. The number of hydrogen-bond donors (Lipinski definition) is 2. The molecule has 7 heteroatoms. The largest absolute Gasteiger partial charge is 0.493 e. The van der Waals surface area contributed by atoms with Crippen LogP contribution in [0, 0.1) is 0 Å². The van der Waals surface area contributed by atoms with Crippen molar-refractivity contribution in [2.45, 2.75) is 11.3 Å². The quantitative estimate of drug-likeness (QED) is 0.893. The molecule has 1 amide bonds. The van der Waals surface area contributed by atoms with E-state index >= 15 is 0 Å². The molecule has 0 radical (unpaired) electrons. The molecule has 0 aliphatic carbocycles. The summed E-state index contributed by atoms with van der Waals surface area (Å²) in [4.78, 5) is 11.5. The minimum Gasteiger partial charge on any atom is -0.493 e. The van der Waals surface area contributed by atoms with E-state index in [1.807, 2.05) is 0 Å². The molecule has 3 rings (SSSR count). The van der Waals surface area contributed by atoms with Crippen molar-refractivity contribution in [3.63, 3.8) is 0 Å². The number of nitrogens with two attached hydrogens (primary N) is 1. The number of sulfonamides is 1. The van der Waals surface area contributed by atoms with Crippen LogP contribution in [0.25, 0.3) is 0 Å². The summed E-state index contributed by atoms with van der Waals surface area (Å²) in [7, 11) is -3.80. The van der Waals surface area contributed by atoms with E-state index in [-0.39, 0.29) is 16.1 Å². The Morgan fingerprint density at radius 3 is 2.73 bits per heavy atom. The Morgan fingerprint density at radius 2 is 1.95 bits per heavy atom. The highest BCUT2D eigenvalue weighted by atomic mass is 32.2. The van der Waals surface area contributed by atoms with Gasteiger partial charge in [0.15, 0.2) is 0 Å². The number of benzene rings is 2. The Hall–Kier alpha value is -2.54. The maximum atomic E-state index is 12.5. The van der Waals surface area contributed by atoms with E-state index in [9.17, 15) is 13.2 Å². The van der Waals surface area contributed by atoms with Crippen molar-refractivity contribution < 1.29 is 17.9 Å². The van der Waals surface area contributed by atoms with Crippen molar-refractivity contribution in [1.82, 2.24) is 0 Å². The van der Waals surface area contributed by atoms with Crippen LogP contribution in [0.3, 0.4) is 0 Å². The molecule has 0 saturated carbocycles. The summed E-state index contributed by atoms with van der Waals surface area (Å²) in [6.07, 6.45) is 0.677. The number of rotatable bonds is 4.